The second kappa shape index (κ2) is 9.30. The van der Waals surface area contributed by atoms with E-state index in [1.54, 1.807) is 26.8 Å². The number of carbonyl (C=O) groups is 3. The first kappa shape index (κ1) is 22.7. The molecule has 29 heavy (non-hydrogen) atoms. The molecule has 1 aliphatic heterocycles. The average Bonchev–Trinajstić information content (AvgIpc) is 2.61. The van der Waals surface area contributed by atoms with Gasteiger partial charge in [0.25, 0.3) is 0 Å². The van der Waals surface area contributed by atoms with Gasteiger partial charge in [-0.2, -0.15) is 0 Å². The molecule has 0 saturated heterocycles. The van der Waals surface area contributed by atoms with E-state index in [0.29, 0.717) is 18.4 Å². The minimum atomic E-state index is -1.30. The van der Waals surface area contributed by atoms with Gasteiger partial charge in [0.05, 0.1) is 5.41 Å². The summed E-state index contributed by atoms with van der Waals surface area (Å²) in [4.78, 5) is 36.1. The van der Waals surface area contributed by atoms with Crippen LogP contribution >= 0.6 is 0 Å². The number of ether oxygens (including phenoxy) is 2. The summed E-state index contributed by atoms with van der Waals surface area (Å²) in [5, 5.41) is 20.4. The SMILES string of the molecule is CCCC(=O)C[C@H]1Cc2ccc(O)c(C(=O)OCOC(=O)C(C)(C)C)c2OB1O. The fraction of sp³-hybridized carbons (Fsp3) is 0.550. The normalized spacial score (nSPS) is 15.9. The largest absolute Gasteiger partial charge is 0.535 e. The number of ketones is 1. The van der Waals surface area contributed by atoms with Crippen molar-refractivity contribution in [3.05, 3.63) is 23.3 Å². The van der Waals surface area contributed by atoms with Crippen LogP contribution in [-0.2, 0) is 25.5 Å². The molecule has 1 aromatic rings. The van der Waals surface area contributed by atoms with Crippen molar-refractivity contribution in [3.63, 3.8) is 0 Å². The number of hydrogen-bond donors (Lipinski definition) is 2. The molecule has 158 valence electrons. The Balaban J connectivity index is 2.12. The third-order valence-electron chi connectivity index (χ3n) is 4.56. The van der Waals surface area contributed by atoms with E-state index in [1.165, 1.54) is 6.07 Å². The molecule has 0 unspecified atom stereocenters. The summed E-state index contributed by atoms with van der Waals surface area (Å²) in [6.45, 7) is 6.27. The Labute approximate surface area is 170 Å². The molecule has 0 aliphatic carbocycles. The van der Waals surface area contributed by atoms with Gasteiger partial charge in [-0.25, -0.2) is 4.79 Å². The summed E-state index contributed by atoms with van der Waals surface area (Å²) in [6, 6.07) is 2.90. The number of esters is 2. The van der Waals surface area contributed by atoms with Crippen LogP contribution in [0.25, 0.3) is 0 Å². The molecule has 1 aromatic carbocycles. The van der Waals surface area contributed by atoms with E-state index >= 15 is 0 Å². The molecule has 2 N–H and O–H groups in total. The second-order valence-corrected chi connectivity index (χ2v) is 8.14. The van der Waals surface area contributed by atoms with Crippen molar-refractivity contribution in [2.24, 2.45) is 5.41 Å². The second-order valence-electron chi connectivity index (χ2n) is 8.14. The zero-order valence-electron chi connectivity index (χ0n) is 17.2. The molecule has 0 spiro atoms. The van der Waals surface area contributed by atoms with Gasteiger partial charge >= 0.3 is 19.1 Å². The third kappa shape index (κ3) is 5.73. The zero-order valence-corrected chi connectivity index (χ0v) is 17.2. The number of benzene rings is 1. The Morgan fingerprint density at radius 3 is 2.55 bits per heavy atom. The molecule has 1 atom stereocenters. The lowest BCUT2D eigenvalue weighted by Gasteiger charge is -2.28. The minimum Gasteiger partial charge on any atom is -0.535 e. The van der Waals surface area contributed by atoms with Crippen molar-refractivity contribution >= 4 is 24.8 Å². The molecular weight excluding hydrogens is 379 g/mol. The Bertz CT molecular complexity index is 783. The van der Waals surface area contributed by atoms with Gasteiger partial charge in [-0.1, -0.05) is 13.0 Å². The Morgan fingerprint density at radius 2 is 1.93 bits per heavy atom. The lowest BCUT2D eigenvalue weighted by atomic mass is 9.64. The first-order valence-corrected chi connectivity index (χ1v) is 9.60. The molecule has 9 heteroatoms. The molecule has 1 heterocycles. The number of carbonyl (C=O) groups excluding carboxylic acids is 3. The highest BCUT2D eigenvalue weighted by molar-refractivity contribution is 6.47. The van der Waals surface area contributed by atoms with Crippen molar-refractivity contribution in [3.8, 4) is 11.5 Å². The molecule has 1 aliphatic rings. The molecule has 2 rings (SSSR count). The Kier molecular flexibility index (Phi) is 7.29. The molecule has 0 fully saturated rings. The maximum absolute atomic E-state index is 12.4. The number of rotatable bonds is 7. The smallest absolute Gasteiger partial charge is 0.526 e. The summed E-state index contributed by atoms with van der Waals surface area (Å²) in [5.74, 6) is -2.29. The molecule has 0 bridgehead atoms. The van der Waals surface area contributed by atoms with Gasteiger partial charge in [0.15, 0.2) is 0 Å². The molecular formula is C20H27BO8. The Morgan fingerprint density at radius 1 is 1.24 bits per heavy atom. The van der Waals surface area contributed by atoms with Crippen molar-refractivity contribution in [1.29, 1.82) is 0 Å². The van der Waals surface area contributed by atoms with Gasteiger partial charge in [0.2, 0.25) is 6.79 Å². The number of phenolic OH excluding ortho intramolecular Hbond substituents is 1. The van der Waals surface area contributed by atoms with Crippen LogP contribution in [0, 0.1) is 5.41 Å². The standard InChI is InChI=1S/C20H27BO8/c1-5-6-14(22)10-13-9-12-7-8-15(23)16(17(12)29-21(13)26)18(24)27-11-28-19(25)20(2,3)4/h7-8,13,23,26H,5-6,9-11H2,1-4H3/t13-/m1/s1. The summed E-state index contributed by atoms with van der Waals surface area (Å²) < 4.78 is 15.3. The average molecular weight is 406 g/mol. The highest BCUT2D eigenvalue weighted by Gasteiger charge is 2.38. The number of hydrogen-bond acceptors (Lipinski definition) is 8. The fourth-order valence-corrected chi connectivity index (χ4v) is 2.98. The lowest BCUT2D eigenvalue weighted by molar-refractivity contribution is -0.161. The van der Waals surface area contributed by atoms with Crippen molar-refractivity contribution in [2.75, 3.05) is 6.79 Å². The first-order valence-electron chi connectivity index (χ1n) is 9.60. The van der Waals surface area contributed by atoms with Gasteiger partial charge in [-0.15, -0.1) is 0 Å². The third-order valence-corrected chi connectivity index (χ3v) is 4.56. The van der Waals surface area contributed by atoms with Crippen LogP contribution in [0.4, 0.5) is 0 Å². The predicted octanol–water partition coefficient (Wildman–Crippen LogP) is 2.64. The van der Waals surface area contributed by atoms with E-state index in [0.717, 1.165) is 6.42 Å². The van der Waals surface area contributed by atoms with E-state index in [-0.39, 0.29) is 29.3 Å². The maximum atomic E-state index is 12.4. The zero-order chi connectivity index (χ0) is 21.8. The maximum Gasteiger partial charge on any atom is 0.526 e. The minimum absolute atomic E-state index is 0.00355. The van der Waals surface area contributed by atoms with Gasteiger partial charge in [-0.3, -0.25) is 9.59 Å². The predicted molar refractivity (Wildman–Crippen MR) is 105 cm³/mol. The quantitative estimate of drug-likeness (QED) is 0.403. The van der Waals surface area contributed by atoms with E-state index in [4.69, 9.17) is 14.1 Å². The highest BCUT2D eigenvalue weighted by Crippen LogP contribution is 2.40. The van der Waals surface area contributed by atoms with Gasteiger partial charge in [0.1, 0.15) is 22.8 Å². The van der Waals surface area contributed by atoms with Crippen LogP contribution < -0.4 is 4.65 Å². The van der Waals surface area contributed by atoms with Gasteiger partial charge in [-0.05, 0) is 45.2 Å². The number of Topliss-reactive ketones (excluding diaryl/α,β-unsaturated/α-hetero) is 1. The van der Waals surface area contributed by atoms with Crippen LogP contribution in [0.1, 0.15) is 62.9 Å². The molecule has 8 nitrogen and oxygen atoms in total. The first-order chi connectivity index (χ1) is 13.5. The molecule has 0 aromatic heterocycles. The van der Waals surface area contributed by atoms with E-state index in [2.05, 4.69) is 0 Å². The number of fused-ring (bicyclic) bond motifs is 1. The van der Waals surface area contributed by atoms with Crippen LogP contribution in [0.5, 0.6) is 11.5 Å². The fourth-order valence-electron chi connectivity index (χ4n) is 2.98. The number of phenols is 1. The van der Waals surface area contributed by atoms with Crippen LogP contribution in [-0.4, -0.2) is 41.8 Å². The highest BCUT2D eigenvalue weighted by atomic mass is 16.7. The van der Waals surface area contributed by atoms with Crippen LogP contribution in [0.3, 0.4) is 0 Å². The van der Waals surface area contributed by atoms with Crippen molar-refractivity contribution < 1.29 is 38.6 Å². The lowest BCUT2D eigenvalue weighted by Crippen LogP contribution is -2.36. The van der Waals surface area contributed by atoms with Crippen LogP contribution in [0.15, 0.2) is 12.1 Å². The summed E-state index contributed by atoms with van der Waals surface area (Å²) >= 11 is 0. The topological polar surface area (TPSA) is 119 Å². The van der Waals surface area contributed by atoms with Crippen molar-refractivity contribution in [1.82, 2.24) is 0 Å². The van der Waals surface area contributed by atoms with E-state index in [9.17, 15) is 24.5 Å². The molecule has 0 amide bonds. The van der Waals surface area contributed by atoms with Gasteiger partial charge < -0.3 is 24.3 Å². The van der Waals surface area contributed by atoms with Crippen molar-refractivity contribution in [2.45, 2.75) is 59.2 Å². The van der Waals surface area contributed by atoms with Gasteiger partial charge in [0, 0.05) is 18.7 Å². The monoisotopic (exact) mass is 406 g/mol. The molecule has 0 radical (unpaired) electrons. The number of aromatic hydroxyl groups is 1. The summed E-state index contributed by atoms with van der Waals surface area (Å²) in [7, 11) is -1.30. The van der Waals surface area contributed by atoms with E-state index in [1.807, 2.05) is 6.92 Å². The van der Waals surface area contributed by atoms with E-state index < -0.39 is 37.1 Å². The summed E-state index contributed by atoms with van der Waals surface area (Å²) in [5.41, 5.74) is -0.439. The van der Waals surface area contributed by atoms with Crippen LogP contribution in [0.2, 0.25) is 5.82 Å². The Hall–Kier alpha value is -2.55. The molecule has 0 saturated carbocycles. The summed E-state index contributed by atoms with van der Waals surface area (Å²) in [6.07, 6.45) is 1.63.